The maximum absolute atomic E-state index is 5.70. The van der Waals surface area contributed by atoms with Gasteiger partial charge in [-0.3, -0.25) is 0 Å². The van der Waals surface area contributed by atoms with Crippen LogP contribution in [0.25, 0.3) is 0 Å². The first-order chi connectivity index (χ1) is 8.72. The first kappa shape index (κ1) is 14.7. The van der Waals surface area contributed by atoms with Crippen molar-refractivity contribution in [2.75, 3.05) is 18.1 Å². The van der Waals surface area contributed by atoms with Crippen LogP contribution in [0.3, 0.4) is 0 Å². The fourth-order valence-corrected chi connectivity index (χ4v) is 1.98. The lowest BCUT2D eigenvalue weighted by Gasteiger charge is -2.08. The molecule has 0 unspecified atom stereocenters. The minimum absolute atomic E-state index is 0.657. The Hall–Kier alpha value is -1.38. The fraction of sp³-hybridized carbons (Fsp3) is 0.600. The quantitative estimate of drug-likeness (QED) is 0.514. The Bertz CT molecular complexity index is 319. The highest BCUT2D eigenvalue weighted by molar-refractivity contribution is 5.56. The first-order valence-electron chi connectivity index (χ1n) is 7.01. The lowest BCUT2D eigenvalue weighted by atomic mass is 10.1. The number of rotatable bonds is 9. The van der Waals surface area contributed by atoms with Gasteiger partial charge in [-0.05, 0) is 12.5 Å². The van der Waals surface area contributed by atoms with Gasteiger partial charge in [0.05, 0.1) is 6.61 Å². The molecule has 0 saturated heterocycles. The molecule has 0 saturated carbocycles. The van der Waals surface area contributed by atoms with Gasteiger partial charge < -0.3 is 16.2 Å². The van der Waals surface area contributed by atoms with E-state index < -0.39 is 0 Å². The molecule has 0 amide bonds. The fourth-order valence-electron chi connectivity index (χ4n) is 1.98. The molecule has 1 aromatic rings. The molecule has 0 aliphatic heterocycles. The molecule has 0 spiro atoms. The van der Waals surface area contributed by atoms with Crippen LogP contribution in [-0.2, 0) is 0 Å². The summed E-state index contributed by atoms with van der Waals surface area (Å²) in [5, 5.41) is 0. The van der Waals surface area contributed by atoms with Crippen molar-refractivity contribution in [3.8, 4) is 5.75 Å². The molecule has 0 bridgehead atoms. The summed E-state index contributed by atoms with van der Waals surface area (Å²) >= 11 is 0. The summed E-state index contributed by atoms with van der Waals surface area (Å²) in [6.45, 7) is 2.99. The second-order valence-corrected chi connectivity index (χ2v) is 4.81. The maximum Gasteiger partial charge on any atom is 0.123 e. The Morgan fingerprint density at radius 1 is 0.833 bits per heavy atom. The molecule has 1 aromatic carbocycles. The van der Waals surface area contributed by atoms with Crippen LogP contribution in [0.5, 0.6) is 5.75 Å². The van der Waals surface area contributed by atoms with Gasteiger partial charge in [-0.15, -0.1) is 0 Å². The van der Waals surface area contributed by atoms with Crippen LogP contribution in [-0.4, -0.2) is 6.61 Å². The van der Waals surface area contributed by atoms with E-state index in [4.69, 9.17) is 16.2 Å². The summed E-state index contributed by atoms with van der Waals surface area (Å²) < 4.78 is 5.64. The molecule has 102 valence electrons. The highest BCUT2D eigenvalue weighted by atomic mass is 16.5. The number of nitrogen functional groups attached to an aromatic ring is 2. The van der Waals surface area contributed by atoms with Crippen LogP contribution in [0.1, 0.15) is 51.9 Å². The standard InChI is InChI=1S/C15H26N2O/c1-2-3-4-5-6-7-8-9-18-15-11-13(16)10-14(17)12-15/h10-12H,2-9,16-17H2,1H3. The predicted molar refractivity (Wildman–Crippen MR) is 78.8 cm³/mol. The average molecular weight is 250 g/mol. The number of hydrogen-bond acceptors (Lipinski definition) is 3. The summed E-state index contributed by atoms with van der Waals surface area (Å²) in [5.74, 6) is 0.776. The minimum atomic E-state index is 0.657. The number of anilines is 2. The average Bonchev–Trinajstić information content (AvgIpc) is 2.31. The van der Waals surface area contributed by atoms with E-state index in [1.807, 2.05) is 12.1 Å². The summed E-state index contributed by atoms with van der Waals surface area (Å²) in [4.78, 5) is 0. The molecule has 18 heavy (non-hydrogen) atoms. The molecule has 3 nitrogen and oxygen atoms in total. The largest absolute Gasteiger partial charge is 0.493 e. The molecule has 4 N–H and O–H groups in total. The van der Waals surface area contributed by atoms with Crippen molar-refractivity contribution in [3.63, 3.8) is 0 Å². The second-order valence-electron chi connectivity index (χ2n) is 4.81. The van der Waals surface area contributed by atoms with Crippen LogP contribution in [0.15, 0.2) is 18.2 Å². The van der Waals surface area contributed by atoms with Gasteiger partial charge in [0.2, 0.25) is 0 Å². The Morgan fingerprint density at radius 2 is 1.39 bits per heavy atom. The van der Waals surface area contributed by atoms with E-state index in [0.717, 1.165) is 18.8 Å². The van der Waals surface area contributed by atoms with Crippen LogP contribution in [0.4, 0.5) is 11.4 Å². The highest BCUT2D eigenvalue weighted by Crippen LogP contribution is 2.20. The van der Waals surface area contributed by atoms with Crippen LogP contribution in [0.2, 0.25) is 0 Å². The summed E-state index contributed by atoms with van der Waals surface area (Å²) in [6, 6.07) is 5.37. The number of nitrogens with two attached hydrogens (primary N) is 2. The van der Waals surface area contributed by atoms with Crippen molar-refractivity contribution >= 4 is 11.4 Å². The minimum Gasteiger partial charge on any atom is -0.493 e. The number of hydrogen-bond donors (Lipinski definition) is 2. The molecule has 0 atom stereocenters. The van der Waals surface area contributed by atoms with Crippen molar-refractivity contribution < 1.29 is 4.74 Å². The Kier molecular flexibility index (Phi) is 7.07. The monoisotopic (exact) mass is 250 g/mol. The van der Waals surface area contributed by atoms with E-state index >= 15 is 0 Å². The van der Waals surface area contributed by atoms with Gasteiger partial charge in [-0.25, -0.2) is 0 Å². The Labute approximate surface area is 111 Å². The maximum atomic E-state index is 5.70. The molecule has 1 rings (SSSR count). The number of unbranched alkanes of at least 4 members (excludes halogenated alkanes) is 6. The van der Waals surface area contributed by atoms with Gasteiger partial charge in [0, 0.05) is 23.5 Å². The van der Waals surface area contributed by atoms with Gasteiger partial charge in [0.15, 0.2) is 0 Å². The molecule has 0 aromatic heterocycles. The van der Waals surface area contributed by atoms with E-state index in [2.05, 4.69) is 6.92 Å². The summed E-state index contributed by atoms with van der Waals surface area (Å²) in [6.07, 6.45) is 9.02. The third kappa shape index (κ3) is 6.38. The van der Waals surface area contributed by atoms with Crippen LogP contribution in [0, 0.1) is 0 Å². The Morgan fingerprint density at radius 3 is 2.00 bits per heavy atom. The number of benzene rings is 1. The van der Waals surface area contributed by atoms with Gasteiger partial charge in [-0.2, -0.15) is 0 Å². The molecular weight excluding hydrogens is 224 g/mol. The Balaban J connectivity index is 2.07. The molecular formula is C15H26N2O. The third-order valence-corrected chi connectivity index (χ3v) is 2.97. The molecule has 0 aliphatic carbocycles. The van der Waals surface area contributed by atoms with E-state index in [1.165, 1.54) is 38.5 Å². The van der Waals surface area contributed by atoms with E-state index in [-0.39, 0.29) is 0 Å². The van der Waals surface area contributed by atoms with Gasteiger partial charge >= 0.3 is 0 Å². The summed E-state index contributed by atoms with van der Waals surface area (Å²) in [7, 11) is 0. The van der Waals surface area contributed by atoms with Gasteiger partial charge in [-0.1, -0.05) is 45.4 Å². The molecule has 3 heteroatoms. The zero-order valence-electron chi connectivity index (χ0n) is 11.5. The van der Waals surface area contributed by atoms with E-state index in [0.29, 0.717) is 11.4 Å². The molecule has 0 aliphatic rings. The van der Waals surface area contributed by atoms with Crippen LogP contribution >= 0.6 is 0 Å². The first-order valence-corrected chi connectivity index (χ1v) is 7.01. The zero-order valence-corrected chi connectivity index (χ0v) is 11.5. The molecule has 0 fully saturated rings. The molecule has 0 heterocycles. The zero-order chi connectivity index (χ0) is 13.2. The van der Waals surface area contributed by atoms with Crippen molar-refractivity contribution in [1.82, 2.24) is 0 Å². The van der Waals surface area contributed by atoms with Crippen LogP contribution < -0.4 is 16.2 Å². The highest BCUT2D eigenvalue weighted by Gasteiger charge is 1.97. The van der Waals surface area contributed by atoms with E-state index in [1.54, 1.807) is 6.07 Å². The second kappa shape index (κ2) is 8.67. The normalized spacial score (nSPS) is 10.5. The third-order valence-electron chi connectivity index (χ3n) is 2.97. The smallest absolute Gasteiger partial charge is 0.123 e. The molecule has 0 radical (unpaired) electrons. The summed E-state index contributed by atoms with van der Waals surface area (Å²) in [5.41, 5.74) is 12.7. The SMILES string of the molecule is CCCCCCCCCOc1cc(N)cc(N)c1. The number of ether oxygens (including phenoxy) is 1. The van der Waals surface area contributed by atoms with E-state index in [9.17, 15) is 0 Å². The van der Waals surface area contributed by atoms with Gasteiger partial charge in [0.25, 0.3) is 0 Å². The van der Waals surface area contributed by atoms with Crippen molar-refractivity contribution in [2.45, 2.75) is 51.9 Å². The lowest BCUT2D eigenvalue weighted by molar-refractivity contribution is 0.304. The van der Waals surface area contributed by atoms with Gasteiger partial charge in [0.1, 0.15) is 5.75 Å². The topological polar surface area (TPSA) is 61.3 Å². The lowest BCUT2D eigenvalue weighted by Crippen LogP contribution is -1.99. The van der Waals surface area contributed by atoms with Crippen molar-refractivity contribution in [2.24, 2.45) is 0 Å². The predicted octanol–water partition coefficient (Wildman–Crippen LogP) is 3.98. The van der Waals surface area contributed by atoms with Crippen molar-refractivity contribution in [1.29, 1.82) is 0 Å². The van der Waals surface area contributed by atoms with Crippen molar-refractivity contribution in [3.05, 3.63) is 18.2 Å².